The molecule has 3 heterocycles. The summed E-state index contributed by atoms with van der Waals surface area (Å²) in [5.74, 6) is -3.14. The van der Waals surface area contributed by atoms with Crippen molar-refractivity contribution in [1.82, 2.24) is 24.7 Å². The number of aliphatic carboxylic acids is 1. The molecule has 0 aliphatic carbocycles. The summed E-state index contributed by atoms with van der Waals surface area (Å²) < 4.78 is 60.7. The Kier molecular flexibility index (Phi) is 8.11. The van der Waals surface area contributed by atoms with Gasteiger partial charge < -0.3 is 21.1 Å². The summed E-state index contributed by atoms with van der Waals surface area (Å²) in [7, 11) is 0. The zero-order chi connectivity index (χ0) is 25.6. The average molecular weight is 500 g/mol. The summed E-state index contributed by atoms with van der Waals surface area (Å²) in [4.78, 5) is 23.7. The zero-order valence-corrected chi connectivity index (χ0v) is 18.1. The third kappa shape index (κ3) is 7.05. The molecule has 0 bridgehead atoms. The molecular weight excluding hydrogens is 479 g/mol. The zero-order valence-electron chi connectivity index (χ0n) is 18.1. The number of nitrogens with two attached hydrogens (primary N) is 1. The Labute approximate surface area is 195 Å². The lowest BCUT2D eigenvalue weighted by atomic mass is 10.1. The molecule has 1 aromatic carbocycles. The van der Waals surface area contributed by atoms with Gasteiger partial charge >= 0.3 is 12.1 Å². The summed E-state index contributed by atoms with van der Waals surface area (Å²) in [6.07, 6.45) is -0.137. The highest BCUT2D eigenvalue weighted by atomic mass is 19.4. The second-order valence-corrected chi connectivity index (χ2v) is 7.44. The molecule has 2 aromatic heterocycles. The fraction of sp³-hybridized carbons (Fsp3) is 0.350. The van der Waals surface area contributed by atoms with E-state index in [9.17, 15) is 22.0 Å². The Morgan fingerprint density at radius 2 is 1.89 bits per heavy atom. The lowest BCUT2D eigenvalue weighted by Crippen LogP contribution is -2.43. The van der Waals surface area contributed by atoms with E-state index in [1.165, 1.54) is 35.4 Å². The number of alkyl halides is 3. The fourth-order valence-corrected chi connectivity index (χ4v) is 3.17. The maximum absolute atomic E-state index is 13.9. The monoisotopic (exact) mass is 500 g/mol. The van der Waals surface area contributed by atoms with Crippen molar-refractivity contribution in [3.63, 3.8) is 0 Å². The number of halogens is 5. The van der Waals surface area contributed by atoms with Gasteiger partial charge in [-0.05, 0) is 31.0 Å². The van der Waals surface area contributed by atoms with Crippen LogP contribution in [0.5, 0.6) is 0 Å². The minimum Gasteiger partial charge on any atom is -0.475 e. The maximum Gasteiger partial charge on any atom is 0.490 e. The van der Waals surface area contributed by atoms with Crippen LogP contribution in [0.25, 0.3) is 5.69 Å². The largest absolute Gasteiger partial charge is 0.490 e. The van der Waals surface area contributed by atoms with Gasteiger partial charge in [-0.2, -0.15) is 23.3 Å². The van der Waals surface area contributed by atoms with Crippen LogP contribution in [0.3, 0.4) is 0 Å². The quantitative estimate of drug-likeness (QED) is 0.452. The number of carboxylic acid groups (broad SMARTS) is 1. The van der Waals surface area contributed by atoms with Gasteiger partial charge in [0.15, 0.2) is 11.6 Å². The second-order valence-electron chi connectivity index (χ2n) is 7.44. The molecule has 3 aromatic rings. The lowest BCUT2D eigenvalue weighted by molar-refractivity contribution is -0.192. The van der Waals surface area contributed by atoms with E-state index in [0.717, 1.165) is 19.4 Å². The third-order valence-corrected chi connectivity index (χ3v) is 4.78. The van der Waals surface area contributed by atoms with Crippen LogP contribution in [0.15, 0.2) is 36.8 Å². The molecule has 1 aliphatic rings. The Morgan fingerprint density at radius 3 is 2.51 bits per heavy atom. The number of rotatable bonds is 5. The molecule has 4 N–H and O–H groups in total. The van der Waals surface area contributed by atoms with Crippen LogP contribution < -0.4 is 16.0 Å². The van der Waals surface area contributed by atoms with E-state index in [-0.39, 0.29) is 11.7 Å². The normalized spacial score (nSPS) is 15.8. The number of piperidine rings is 1. The summed E-state index contributed by atoms with van der Waals surface area (Å²) in [5.41, 5.74) is 6.39. The first-order valence-electron chi connectivity index (χ1n) is 10.3. The number of benzene rings is 1. The predicted molar refractivity (Wildman–Crippen MR) is 114 cm³/mol. The van der Waals surface area contributed by atoms with Gasteiger partial charge in [-0.15, -0.1) is 0 Å². The van der Waals surface area contributed by atoms with Crippen molar-refractivity contribution in [2.24, 2.45) is 5.73 Å². The number of anilines is 2. The first-order valence-corrected chi connectivity index (χ1v) is 10.3. The van der Waals surface area contributed by atoms with Crippen molar-refractivity contribution < 1.29 is 31.9 Å². The lowest BCUT2D eigenvalue weighted by Gasteiger charge is -2.30. The summed E-state index contributed by atoms with van der Waals surface area (Å²) >= 11 is 0. The standard InChI is InChI=1S/C18H20F2N8.C2HF3O2/c19-14-4-1-5-15(20)16(14)28-8-6-13(26-28)9-22-17-23-11-24-18(25-17)27-7-2-3-12(21)10-27;3-2(4,5)1(6)7/h1,4-6,8,11-12H,2-3,7,9-10,21H2,(H,22,23,24,25);(H,6,7). The molecule has 0 amide bonds. The third-order valence-electron chi connectivity index (χ3n) is 4.78. The van der Waals surface area contributed by atoms with Gasteiger partial charge in [-0.1, -0.05) is 6.07 Å². The van der Waals surface area contributed by atoms with Crippen molar-refractivity contribution in [2.45, 2.75) is 31.6 Å². The Morgan fingerprint density at radius 1 is 1.20 bits per heavy atom. The number of carbonyl (C=O) groups is 1. The van der Waals surface area contributed by atoms with Crippen LogP contribution in [0.1, 0.15) is 18.5 Å². The molecular formula is C20H21F5N8O2. The van der Waals surface area contributed by atoms with E-state index in [2.05, 4.69) is 25.4 Å². The second kappa shape index (κ2) is 11.0. The molecule has 10 nitrogen and oxygen atoms in total. The van der Waals surface area contributed by atoms with Gasteiger partial charge in [0, 0.05) is 25.3 Å². The van der Waals surface area contributed by atoms with E-state index in [1.807, 2.05) is 4.90 Å². The first-order chi connectivity index (χ1) is 16.5. The van der Waals surface area contributed by atoms with Crippen molar-refractivity contribution in [3.8, 4) is 5.69 Å². The molecule has 0 radical (unpaired) electrons. The minimum atomic E-state index is -5.08. The SMILES string of the molecule is NC1CCCN(c2ncnc(NCc3ccn(-c4c(F)cccc4F)n3)n2)C1.O=C(O)C(F)(F)F. The van der Waals surface area contributed by atoms with E-state index in [0.29, 0.717) is 30.7 Å². The average Bonchev–Trinajstić information content (AvgIpc) is 3.26. The van der Waals surface area contributed by atoms with Crippen molar-refractivity contribution >= 4 is 17.9 Å². The van der Waals surface area contributed by atoms with E-state index >= 15 is 0 Å². The summed E-state index contributed by atoms with van der Waals surface area (Å²) in [6.45, 7) is 1.86. The molecule has 0 spiro atoms. The molecule has 1 atom stereocenters. The Balaban J connectivity index is 0.000000429. The molecule has 188 valence electrons. The predicted octanol–water partition coefficient (Wildman–Crippen LogP) is 2.51. The van der Waals surface area contributed by atoms with Gasteiger partial charge in [0.05, 0.1) is 12.2 Å². The Hall–Kier alpha value is -3.88. The number of nitrogens with zero attached hydrogens (tertiary/aromatic N) is 6. The van der Waals surface area contributed by atoms with Crippen molar-refractivity contribution in [3.05, 3.63) is 54.1 Å². The van der Waals surface area contributed by atoms with E-state index < -0.39 is 23.8 Å². The first kappa shape index (κ1) is 25.7. The summed E-state index contributed by atoms with van der Waals surface area (Å²) in [5, 5.41) is 14.4. The van der Waals surface area contributed by atoms with Crippen LogP contribution in [0.2, 0.25) is 0 Å². The fourth-order valence-electron chi connectivity index (χ4n) is 3.17. The summed E-state index contributed by atoms with van der Waals surface area (Å²) in [6, 6.07) is 5.48. The molecule has 0 saturated carbocycles. The van der Waals surface area contributed by atoms with Crippen LogP contribution in [0, 0.1) is 11.6 Å². The van der Waals surface area contributed by atoms with Crippen LogP contribution in [0.4, 0.5) is 33.8 Å². The number of hydrogen-bond acceptors (Lipinski definition) is 8. The minimum absolute atomic E-state index is 0.115. The number of para-hydroxylation sites is 1. The Bertz CT molecular complexity index is 1140. The van der Waals surface area contributed by atoms with Gasteiger partial charge in [-0.25, -0.2) is 28.2 Å². The molecule has 1 saturated heterocycles. The van der Waals surface area contributed by atoms with Crippen LogP contribution >= 0.6 is 0 Å². The van der Waals surface area contributed by atoms with Gasteiger partial charge in [0.2, 0.25) is 11.9 Å². The van der Waals surface area contributed by atoms with Crippen LogP contribution in [-0.2, 0) is 11.3 Å². The highest BCUT2D eigenvalue weighted by molar-refractivity contribution is 5.73. The van der Waals surface area contributed by atoms with E-state index in [1.54, 1.807) is 6.07 Å². The highest BCUT2D eigenvalue weighted by Crippen LogP contribution is 2.18. The smallest absolute Gasteiger partial charge is 0.475 e. The molecule has 1 unspecified atom stereocenters. The maximum atomic E-state index is 13.9. The number of aromatic nitrogens is 5. The van der Waals surface area contributed by atoms with Crippen molar-refractivity contribution in [1.29, 1.82) is 0 Å². The van der Waals surface area contributed by atoms with Gasteiger partial charge in [-0.3, -0.25) is 0 Å². The molecule has 1 fully saturated rings. The highest BCUT2D eigenvalue weighted by Gasteiger charge is 2.38. The number of carboxylic acids is 1. The van der Waals surface area contributed by atoms with Gasteiger partial charge in [0.1, 0.15) is 12.0 Å². The molecule has 4 rings (SSSR count). The van der Waals surface area contributed by atoms with Crippen LogP contribution in [-0.4, -0.2) is 61.1 Å². The van der Waals surface area contributed by atoms with Crippen molar-refractivity contribution in [2.75, 3.05) is 23.3 Å². The van der Waals surface area contributed by atoms with Gasteiger partial charge in [0.25, 0.3) is 0 Å². The molecule has 15 heteroatoms. The number of hydrogen-bond donors (Lipinski definition) is 3. The topological polar surface area (TPSA) is 135 Å². The number of nitrogens with one attached hydrogen (secondary N) is 1. The molecule has 35 heavy (non-hydrogen) atoms. The molecule has 1 aliphatic heterocycles. The van der Waals surface area contributed by atoms with E-state index in [4.69, 9.17) is 15.6 Å².